The Hall–Kier alpha value is -2.24. The molecule has 3 fully saturated rings. The third-order valence-electron chi connectivity index (χ3n) is 7.14. The molecular weight excluding hydrogens is 496 g/mol. The van der Waals surface area contributed by atoms with Crippen LogP contribution < -0.4 is 15.6 Å². The molecule has 0 radical (unpaired) electrons. The first-order chi connectivity index (χ1) is 16.8. The van der Waals surface area contributed by atoms with E-state index in [1.807, 2.05) is 0 Å². The molecule has 5 rings (SSSR count). The number of fused-ring (bicyclic) bond motifs is 2. The van der Waals surface area contributed by atoms with Crippen LogP contribution in [0.2, 0.25) is 0 Å². The van der Waals surface area contributed by atoms with Gasteiger partial charge in [0.1, 0.15) is 27.0 Å². The molecule has 2 aromatic rings. The predicted molar refractivity (Wildman–Crippen MR) is 136 cm³/mol. The van der Waals surface area contributed by atoms with Crippen molar-refractivity contribution in [2.24, 2.45) is 5.92 Å². The number of ether oxygens (including phenoxy) is 1. The van der Waals surface area contributed by atoms with Crippen LogP contribution in [0.4, 0.5) is 14.5 Å². The Morgan fingerprint density at radius 2 is 2.14 bits per heavy atom. The highest BCUT2D eigenvalue weighted by Crippen LogP contribution is 2.44. The van der Waals surface area contributed by atoms with Crippen LogP contribution in [0, 0.1) is 17.6 Å². The number of benzene rings is 1. The molecule has 2 unspecified atom stereocenters. The standard InChI is InChI=1S/C24H27F2N3O4S2/c1-2-7-35-23(34)27-11-24-12-28(9-13(24)5-6-33-24)20-17(25)8-15-19(18(20)26)29(14-3-4-14)10-16(21(15)30)22(31)32/h8,10,13-14H,2-7,9,11-12H2,1H3,(H,27,34)(H,31,32). The van der Waals surface area contributed by atoms with Gasteiger partial charge in [-0.1, -0.05) is 30.9 Å². The summed E-state index contributed by atoms with van der Waals surface area (Å²) in [6.07, 6.45) is 4.46. The molecule has 188 valence electrons. The maximum atomic E-state index is 16.0. The number of carboxylic acids is 1. The lowest BCUT2D eigenvalue weighted by molar-refractivity contribution is 0.00926. The topological polar surface area (TPSA) is 83.8 Å². The molecule has 35 heavy (non-hydrogen) atoms. The number of nitrogens with one attached hydrogen (secondary N) is 1. The average molecular weight is 524 g/mol. The fraction of sp³-hybridized carbons (Fsp3) is 0.542. The summed E-state index contributed by atoms with van der Waals surface area (Å²) in [4.78, 5) is 26.0. The SMILES string of the molecule is CCCSC(=S)NCC12CN(c3c(F)cc4c(=O)c(C(=O)O)cn(C5CC5)c4c3F)CC1CCO2. The summed E-state index contributed by atoms with van der Waals surface area (Å²) in [6.45, 7) is 3.81. The molecular formula is C24H27F2N3O4S2. The molecule has 2 atom stereocenters. The number of halogens is 2. The van der Waals surface area contributed by atoms with Gasteiger partial charge in [0.2, 0.25) is 5.43 Å². The lowest BCUT2D eigenvalue weighted by atomic mass is 9.91. The Kier molecular flexibility index (Phi) is 6.52. The number of thioether (sulfide) groups is 1. The molecule has 2 N–H and O–H groups in total. The van der Waals surface area contributed by atoms with E-state index in [9.17, 15) is 14.7 Å². The number of anilines is 1. The molecule has 1 aliphatic carbocycles. The molecule has 2 saturated heterocycles. The maximum absolute atomic E-state index is 16.0. The zero-order valence-corrected chi connectivity index (χ0v) is 20.9. The molecule has 1 saturated carbocycles. The molecule has 7 nitrogen and oxygen atoms in total. The Morgan fingerprint density at radius 1 is 1.37 bits per heavy atom. The first-order valence-electron chi connectivity index (χ1n) is 11.9. The summed E-state index contributed by atoms with van der Waals surface area (Å²) in [5, 5.41) is 12.4. The fourth-order valence-corrected chi connectivity index (χ4v) is 6.16. The first-order valence-corrected chi connectivity index (χ1v) is 13.2. The van der Waals surface area contributed by atoms with E-state index in [1.165, 1.54) is 10.8 Å². The Bertz CT molecular complexity index is 1270. The zero-order valence-electron chi connectivity index (χ0n) is 19.3. The van der Waals surface area contributed by atoms with Crippen LogP contribution in [-0.2, 0) is 4.74 Å². The lowest BCUT2D eigenvalue weighted by Crippen LogP contribution is -2.47. The highest BCUT2D eigenvalue weighted by atomic mass is 32.2. The third-order valence-corrected chi connectivity index (χ3v) is 8.66. The number of rotatable bonds is 7. The number of hydrogen-bond acceptors (Lipinski definition) is 6. The van der Waals surface area contributed by atoms with Crippen LogP contribution in [0.5, 0.6) is 0 Å². The summed E-state index contributed by atoms with van der Waals surface area (Å²) >= 11 is 6.97. The van der Waals surface area contributed by atoms with Crippen molar-refractivity contribution in [2.75, 3.05) is 36.9 Å². The minimum absolute atomic E-state index is 0.0406. The minimum atomic E-state index is -1.41. The summed E-state index contributed by atoms with van der Waals surface area (Å²) < 4.78 is 39.7. The monoisotopic (exact) mass is 523 g/mol. The Labute approximate surface area is 210 Å². The third kappa shape index (κ3) is 4.31. The summed E-state index contributed by atoms with van der Waals surface area (Å²) in [6, 6.07) is 0.875. The molecule has 11 heteroatoms. The second-order valence-corrected chi connectivity index (χ2v) is 11.3. The summed E-state index contributed by atoms with van der Waals surface area (Å²) in [5.74, 6) is -2.14. The van der Waals surface area contributed by atoms with E-state index in [0.29, 0.717) is 24.0 Å². The molecule has 0 bridgehead atoms. The van der Waals surface area contributed by atoms with Gasteiger partial charge < -0.3 is 24.6 Å². The van der Waals surface area contributed by atoms with Crippen molar-refractivity contribution in [3.63, 3.8) is 0 Å². The summed E-state index contributed by atoms with van der Waals surface area (Å²) in [7, 11) is 0. The van der Waals surface area contributed by atoms with Crippen LogP contribution in [0.15, 0.2) is 17.1 Å². The first kappa shape index (κ1) is 24.5. The predicted octanol–water partition coefficient (Wildman–Crippen LogP) is 3.93. The number of hydrogen-bond donors (Lipinski definition) is 2. The molecule has 3 heterocycles. The van der Waals surface area contributed by atoms with Gasteiger partial charge in [-0.2, -0.15) is 0 Å². The lowest BCUT2D eigenvalue weighted by Gasteiger charge is -2.29. The number of carbonyl (C=O) groups is 1. The van der Waals surface area contributed by atoms with E-state index >= 15 is 8.78 Å². The van der Waals surface area contributed by atoms with Crippen molar-refractivity contribution in [3.05, 3.63) is 39.7 Å². The van der Waals surface area contributed by atoms with E-state index < -0.39 is 34.2 Å². The normalized spacial score (nSPS) is 23.6. The van der Waals surface area contributed by atoms with Gasteiger partial charge in [-0.3, -0.25) is 4.79 Å². The van der Waals surface area contributed by atoms with E-state index in [1.54, 1.807) is 16.7 Å². The number of pyridine rings is 1. The molecule has 1 aromatic heterocycles. The van der Waals surface area contributed by atoms with E-state index in [4.69, 9.17) is 17.0 Å². The van der Waals surface area contributed by atoms with Gasteiger partial charge in [0.15, 0.2) is 5.82 Å². The fourth-order valence-electron chi connectivity index (χ4n) is 5.28. The van der Waals surface area contributed by atoms with Gasteiger partial charge in [-0.05, 0) is 37.5 Å². The molecule has 2 aliphatic heterocycles. The second kappa shape index (κ2) is 9.33. The number of nitrogens with zero attached hydrogens (tertiary/aromatic N) is 2. The van der Waals surface area contributed by atoms with Crippen LogP contribution in [-0.4, -0.2) is 57.6 Å². The highest BCUT2D eigenvalue weighted by Gasteiger charge is 2.52. The Morgan fingerprint density at radius 3 is 2.83 bits per heavy atom. The zero-order chi connectivity index (χ0) is 24.9. The van der Waals surface area contributed by atoms with Gasteiger partial charge in [0, 0.05) is 44.4 Å². The van der Waals surface area contributed by atoms with Gasteiger partial charge in [-0.25, -0.2) is 13.6 Å². The number of aromatic nitrogens is 1. The van der Waals surface area contributed by atoms with E-state index in [0.717, 1.165) is 37.5 Å². The quantitative estimate of drug-likeness (QED) is 0.529. The van der Waals surface area contributed by atoms with Crippen LogP contribution in [0.3, 0.4) is 0 Å². The molecule has 0 spiro atoms. The summed E-state index contributed by atoms with van der Waals surface area (Å²) in [5.41, 5.74) is -2.22. The highest BCUT2D eigenvalue weighted by molar-refractivity contribution is 8.22. The van der Waals surface area contributed by atoms with Crippen LogP contribution in [0.25, 0.3) is 10.9 Å². The van der Waals surface area contributed by atoms with Gasteiger partial charge in [0.25, 0.3) is 0 Å². The van der Waals surface area contributed by atoms with Crippen molar-refractivity contribution in [3.8, 4) is 0 Å². The molecule has 1 aromatic carbocycles. The number of carboxylic acid groups (broad SMARTS) is 1. The number of thiocarbonyl (C=S) groups is 1. The smallest absolute Gasteiger partial charge is 0.341 e. The minimum Gasteiger partial charge on any atom is -0.477 e. The average Bonchev–Trinajstić information content (AvgIpc) is 3.49. The van der Waals surface area contributed by atoms with Crippen molar-refractivity contribution < 1.29 is 23.4 Å². The molecule has 0 amide bonds. The second-order valence-electron chi connectivity index (χ2n) is 9.50. The largest absolute Gasteiger partial charge is 0.477 e. The Balaban J connectivity index is 1.51. The van der Waals surface area contributed by atoms with E-state index in [-0.39, 0.29) is 35.1 Å². The molecule has 3 aliphatic rings. The van der Waals surface area contributed by atoms with Crippen LogP contribution in [0.1, 0.15) is 49.0 Å². The van der Waals surface area contributed by atoms with Gasteiger partial charge >= 0.3 is 5.97 Å². The van der Waals surface area contributed by atoms with Crippen molar-refractivity contribution >= 4 is 50.9 Å². The van der Waals surface area contributed by atoms with Crippen LogP contribution >= 0.6 is 24.0 Å². The van der Waals surface area contributed by atoms with E-state index in [2.05, 4.69) is 12.2 Å². The van der Waals surface area contributed by atoms with Crippen molar-refractivity contribution in [2.45, 2.75) is 44.2 Å². The van der Waals surface area contributed by atoms with Gasteiger partial charge in [0.05, 0.1) is 10.9 Å². The van der Waals surface area contributed by atoms with Gasteiger partial charge in [-0.15, -0.1) is 0 Å². The van der Waals surface area contributed by atoms with Crippen molar-refractivity contribution in [1.82, 2.24) is 9.88 Å². The maximum Gasteiger partial charge on any atom is 0.341 e. The number of aromatic carboxylic acids is 1. The van der Waals surface area contributed by atoms with Crippen molar-refractivity contribution in [1.29, 1.82) is 0 Å².